The Morgan fingerprint density at radius 2 is 2.05 bits per heavy atom. The van der Waals surface area contributed by atoms with Crippen LogP contribution in [0.25, 0.3) is 0 Å². The summed E-state index contributed by atoms with van der Waals surface area (Å²) in [4.78, 5) is 2.42. The number of likely N-dealkylation sites (tertiary alicyclic amines) is 1. The normalized spacial score (nSPS) is 22.7. The number of allylic oxidation sites excluding steroid dienone is 4. The predicted molar refractivity (Wildman–Crippen MR) is 77.0 cm³/mol. The molecule has 5 nitrogen and oxygen atoms in total. The van der Waals surface area contributed by atoms with Crippen LogP contribution in [0, 0.1) is 0 Å². The SMILES string of the molecule is NC1=CC(N)=C2CC=CC(OCCN3CCCC3)=C2O1. The van der Waals surface area contributed by atoms with Crippen molar-refractivity contribution in [3.63, 3.8) is 0 Å². The Bertz CT molecular complexity index is 511. The first-order valence-electron chi connectivity index (χ1n) is 7.14. The lowest BCUT2D eigenvalue weighted by atomic mass is 10.0. The van der Waals surface area contributed by atoms with Crippen molar-refractivity contribution in [1.29, 1.82) is 0 Å². The van der Waals surface area contributed by atoms with Crippen molar-refractivity contribution < 1.29 is 9.47 Å². The molecule has 108 valence electrons. The lowest BCUT2D eigenvalue weighted by Gasteiger charge is -2.24. The highest BCUT2D eigenvalue weighted by molar-refractivity contribution is 5.47. The Balaban J connectivity index is 1.67. The summed E-state index contributed by atoms with van der Waals surface area (Å²) >= 11 is 0. The van der Waals surface area contributed by atoms with Crippen molar-refractivity contribution in [2.24, 2.45) is 11.5 Å². The third kappa shape index (κ3) is 2.67. The Kier molecular flexibility index (Phi) is 3.69. The van der Waals surface area contributed by atoms with Gasteiger partial charge in [-0.3, -0.25) is 4.90 Å². The molecule has 0 amide bonds. The molecule has 0 aromatic rings. The molecule has 0 atom stereocenters. The zero-order valence-electron chi connectivity index (χ0n) is 11.6. The highest BCUT2D eigenvalue weighted by Gasteiger charge is 2.23. The van der Waals surface area contributed by atoms with Crippen LogP contribution in [0.15, 0.2) is 46.9 Å². The summed E-state index contributed by atoms with van der Waals surface area (Å²) < 4.78 is 11.5. The van der Waals surface area contributed by atoms with Crippen molar-refractivity contribution >= 4 is 0 Å². The molecule has 4 N–H and O–H groups in total. The fourth-order valence-electron chi connectivity index (χ4n) is 2.75. The lowest BCUT2D eigenvalue weighted by molar-refractivity contribution is 0.160. The van der Waals surface area contributed by atoms with Gasteiger partial charge in [0.05, 0.1) is 0 Å². The molecule has 2 heterocycles. The number of fused-ring (bicyclic) bond motifs is 1. The topological polar surface area (TPSA) is 73.7 Å². The van der Waals surface area contributed by atoms with E-state index in [4.69, 9.17) is 20.9 Å². The van der Waals surface area contributed by atoms with Gasteiger partial charge in [0.2, 0.25) is 0 Å². The van der Waals surface area contributed by atoms with E-state index in [1.165, 1.54) is 25.9 Å². The Morgan fingerprint density at radius 1 is 1.25 bits per heavy atom. The number of nitrogens with zero attached hydrogens (tertiary/aromatic N) is 1. The van der Waals surface area contributed by atoms with E-state index in [1.54, 1.807) is 6.08 Å². The van der Waals surface area contributed by atoms with Crippen LogP contribution in [0.3, 0.4) is 0 Å². The third-order valence-corrected chi connectivity index (χ3v) is 3.82. The van der Waals surface area contributed by atoms with E-state index in [0.717, 1.165) is 24.3 Å². The van der Waals surface area contributed by atoms with Crippen LogP contribution >= 0.6 is 0 Å². The molecule has 20 heavy (non-hydrogen) atoms. The molecule has 2 aliphatic heterocycles. The predicted octanol–water partition coefficient (Wildman–Crippen LogP) is 1.31. The van der Waals surface area contributed by atoms with Gasteiger partial charge in [0.25, 0.3) is 0 Å². The van der Waals surface area contributed by atoms with Gasteiger partial charge >= 0.3 is 0 Å². The number of ether oxygens (including phenoxy) is 2. The van der Waals surface area contributed by atoms with Crippen molar-refractivity contribution in [3.05, 3.63) is 46.9 Å². The quantitative estimate of drug-likeness (QED) is 0.809. The van der Waals surface area contributed by atoms with Gasteiger partial charge in [0.1, 0.15) is 6.61 Å². The molecule has 3 aliphatic rings. The highest BCUT2D eigenvalue weighted by Crippen LogP contribution is 2.32. The van der Waals surface area contributed by atoms with Crippen molar-refractivity contribution in [3.8, 4) is 0 Å². The maximum absolute atomic E-state index is 5.98. The standard InChI is InChI=1S/C15H21N3O2/c16-12-10-14(17)20-15-11(12)4-3-5-13(15)19-9-8-18-6-1-2-7-18/h3,5,10H,1-2,4,6-9,16-17H2. The fourth-order valence-corrected chi connectivity index (χ4v) is 2.75. The van der Waals surface area contributed by atoms with E-state index in [0.29, 0.717) is 23.9 Å². The van der Waals surface area contributed by atoms with Crippen LogP contribution in [0.4, 0.5) is 0 Å². The molecule has 0 aromatic heterocycles. The van der Waals surface area contributed by atoms with Crippen LogP contribution in [0.2, 0.25) is 0 Å². The number of nitrogens with two attached hydrogens (primary N) is 2. The molecule has 3 rings (SSSR count). The van der Waals surface area contributed by atoms with E-state index < -0.39 is 0 Å². The Morgan fingerprint density at radius 3 is 2.85 bits per heavy atom. The third-order valence-electron chi connectivity index (χ3n) is 3.82. The minimum atomic E-state index is 0.317. The monoisotopic (exact) mass is 275 g/mol. The molecular formula is C15H21N3O2. The van der Waals surface area contributed by atoms with Crippen molar-refractivity contribution in [2.45, 2.75) is 19.3 Å². The van der Waals surface area contributed by atoms with E-state index in [2.05, 4.69) is 4.90 Å². The van der Waals surface area contributed by atoms with E-state index >= 15 is 0 Å². The first-order chi connectivity index (χ1) is 9.74. The van der Waals surface area contributed by atoms with E-state index in [-0.39, 0.29) is 0 Å². The molecule has 1 saturated heterocycles. The maximum atomic E-state index is 5.98. The molecule has 0 radical (unpaired) electrons. The summed E-state index contributed by atoms with van der Waals surface area (Å²) in [6.45, 7) is 3.96. The largest absolute Gasteiger partial charge is 0.488 e. The van der Waals surface area contributed by atoms with Gasteiger partial charge in [-0.25, -0.2) is 0 Å². The van der Waals surface area contributed by atoms with Gasteiger partial charge in [-0.2, -0.15) is 0 Å². The second kappa shape index (κ2) is 5.63. The summed E-state index contributed by atoms with van der Waals surface area (Å²) in [5.74, 6) is 1.72. The summed E-state index contributed by atoms with van der Waals surface area (Å²) in [6, 6.07) is 0. The summed E-state index contributed by atoms with van der Waals surface area (Å²) in [5.41, 5.74) is 13.3. The maximum Gasteiger partial charge on any atom is 0.193 e. The number of hydrogen-bond acceptors (Lipinski definition) is 5. The molecule has 1 fully saturated rings. The van der Waals surface area contributed by atoms with Crippen molar-refractivity contribution in [1.82, 2.24) is 4.90 Å². The first-order valence-corrected chi connectivity index (χ1v) is 7.14. The highest BCUT2D eigenvalue weighted by atomic mass is 16.5. The molecule has 1 aliphatic carbocycles. The summed E-state index contributed by atoms with van der Waals surface area (Å²) in [7, 11) is 0. The number of rotatable bonds is 4. The van der Waals surface area contributed by atoms with Crippen LogP contribution in [-0.2, 0) is 9.47 Å². The molecular weight excluding hydrogens is 254 g/mol. The van der Waals surface area contributed by atoms with Crippen LogP contribution in [0.5, 0.6) is 0 Å². The van der Waals surface area contributed by atoms with Gasteiger partial charge < -0.3 is 20.9 Å². The van der Waals surface area contributed by atoms with Gasteiger partial charge in [-0.15, -0.1) is 0 Å². The van der Waals surface area contributed by atoms with E-state index in [9.17, 15) is 0 Å². The smallest absolute Gasteiger partial charge is 0.193 e. The van der Waals surface area contributed by atoms with Gasteiger partial charge in [-0.1, -0.05) is 6.08 Å². The van der Waals surface area contributed by atoms with E-state index in [1.807, 2.05) is 12.2 Å². The van der Waals surface area contributed by atoms with Crippen LogP contribution in [-0.4, -0.2) is 31.1 Å². The molecule has 0 spiro atoms. The lowest BCUT2D eigenvalue weighted by Crippen LogP contribution is -2.24. The minimum absolute atomic E-state index is 0.317. The zero-order chi connectivity index (χ0) is 13.9. The number of hydrogen-bond donors (Lipinski definition) is 2. The van der Waals surface area contributed by atoms with Gasteiger partial charge in [-0.05, 0) is 38.4 Å². The average Bonchev–Trinajstić information content (AvgIpc) is 2.92. The molecule has 0 bridgehead atoms. The first kappa shape index (κ1) is 13.1. The molecule has 0 aromatic carbocycles. The van der Waals surface area contributed by atoms with Gasteiger partial charge in [0.15, 0.2) is 17.4 Å². The minimum Gasteiger partial charge on any atom is -0.488 e. The average molecular weight is 275 g/mol. The summed E-state index contributed by atoms with van der Waals surface area (Å²) in [5, 5.41) is 0. The van der Waals surface area contributed by atoms with Crippen LogP contribution < -0.4 is 11.5 Å². The summed E-state index contributed by atoms with van der Waals surface area (Å²) in [6.07, 6.45) is 8.97. The molecule has 0 saturated carbocycles. The second-order valence-corrected chi connectivity index (χ2v) is 5.28. The van der Waals surface area contributed by atoms with Crippen molar-refractivity contribution in [2.75, 3.05) is 26.2 Å². The Hall–Kier alpha value is -1.88. The molecule has 0 unspecified atom stereocenters. The second-order valence-electron chi connectivity index (χ2n) is 5.28. The zero-order valence-corrected chi connectivity index (χ0v) is 11.6. The molecule has 5 heteroatoms. The van der Waals surface area contributed by atoms with Gasteiger partial charge in [0, 0.05) is 23.9 Å². The Labute approximate surface area is 119 Å². The van der Waals surface area contributed by atoms with Crippen LogP contribution in [0.1, 0.15) is 19.3 Å². The fraction of sp³-hybridized carbons (Fsp3) is 0.467.